The summed E-state index contributed by atoms with van der Waals surface area (Å²) in [4.78, 5) is 18.3. The van der Waals surface area contributed by atoms with Gasteiger partial charge in [0.05, 0.1) is 16.9 Å². The number of carbonyl (C=O) groups is 1. The number of rotatable bonds is 6. The van der Waals surface area contributed by atoms with Gasteiger partial charge in [0.15, 0.2) is 0 Å². The fourth-order valence-corrected chi connectivity index (χ4v) is 4.14. The Balaban J connectivity index is 1.88. The van der Waals surface area contributed by atoms with Gasteiger partial charge < -0.3 is 15.1 Å². The topological polar surface area (TPSA) is 35.6 Å². The second-order valence-corrected chi connectivity index (χ2v) is 8.02. The molecule has 2 amide bonds. The number of nitrogens with one attached hydrogen (secondary N) is 1. The lowest BCUT2D eigenvalue weighted by atomic mass is 10.2. The van der Waals surface area contributed by atoms with Crippen LogP contribution in [0.3, 0.4) is 0 Å². The van der Waals surface area contributed by atoms with Crippen molar-refractivity contribution >= 4 is 40.3 Å². The summed E-state index contributed by atoms with van der Waals surface area (Å²) in [5, 5.41) is 5.06. The highest BCUT2D eigenvalue weighted by Crippen LogP contribution is 2.23. The predicted octanol–water partition coefficient (Wildman–Crippen LogP) is 3.91. The smallest absolute Gasteiger partial charge is 0.317 e. The number of urea groups is 1. The molecule has 0 fully saturated rings. The summed E-state index contributed by atoms with van der Waals surface area (Å²) in [7, 11) is 5.83. The maximum atomic E-state index is 12.2. The van der Waals surface area contributed by atoms with Crippen molar-refractivity contribution in [3.8, 4) is 0 Å². The first-order valence-electron chi connectivity index (χ1n) is 6.90. The number of halogens is 1. The summed E-state index contributed by atoms with van der Waals surface area (Å²) in [5.74, 6) is 0. The van der Waals surface area contributed by atoms with Crippen LogP contribution in [0.25, 0.3) is 0 Å². The molecule has 22 heavy (non-hydrogen) atoms. The summed E-state index contributed by atoms with van der Waals surface area (Å²) >= 11 is 9.12. The normalized spacial score (nSPS) is 12.4. The van der Waals surface area contributed by atoms with Crippen molar-refractivity contribution in [3.05, 3.63) is 43.7 Å². The Labute approximate surface area is 144 Å². The minimum Gasteiger partial charge on any atom is -0.336 e. The van der Waals surface area contributed by atoms with Crippen LogP contribution in [0.2, 0.25) is 4.34 Å². The second-order valence-electron chi connectivity index (χ2n) is 5.24. The molecule has 0 saturated carbocycles. The standard InChI is InChI=1S/C15H20ClN3OS2/c1-18(2)12(13-5-4-8-21-13)9-17-15(20)19(3)10-11-6-7-14(16)22-11/h4-8,12H,9-10H2,1-3H3,(H,17,20). The third-order valence-electron chi connectivity index (χ3n) is 3.31. The molecule has 2 rings (SSSR count). The van der Waals surface area contributed by atoms with Crippen LogP contribution in [-0.4, -0.2) is 43.5 Å². The third-order valence-corrected chi connectivity index (χ3v) is 5.50. The van der Waals surface area contributed by atoms with Gasteiger partial charge in [0, 0.05) is 23.3 Å². The van der Waals surface area contributed by atoms with Gasteiger partial charge in [-0.05, 0) is 37.7 Å². The number of carbonyl (C=O) groups excluding carboxylic acids is 1. The zero-order valence-electron chi connectivity index (χ0n) is 12.9. The van der Waals surface area contributed by atoms with E-state index in [1.54, 1.807) is 23.3 Å². The van der Waals surface area contributed by atoms with E-state index in [0.29, 0.717) is 13.1 Å². The van der Waals surface area contributed by atoms with Crippen LogP contribution < -0.4 is 5.32 Å². The van der Waals surface area contributed by atoms with Gasteiger partial charge in [-0.15, -0.1) is 22.7 Å². The van der Waals surface area contributed by atoms with Crippen LogP contribution in [0, 0.1) is 0 Å². The van der Waals surface area contributed by atoms with E-state index in [9.17, 15) is 4.79 Å². The van der Waals surface area contributed by atoms with Crippen molar-refractivity contribution < 1.29 is 4.79 Å². The molecule has 4 nitrogen and oxygen atoms in total. The van der Waals surface area contributed by atoms with E-state index in [2.05, 4.69) is 21.7 Å². The van der Waals surface area contributed by atoms with Crippen molar-refractivity contribution in [1.29, 1.82) is 0 Å². The molecule has 1 N–H and O–H groups in total. The molecular formula is C15H20ClN3OS2. The van der Waals surface area contributed by atoms with E-state index in [1.165, 1.54) is 16.2 Å². The van der Waals surface area contributed by atoms with Crippen LogP contribution in [0.1, 0.15) is 15.8 Å². The van der Waals surface area contributed by atoms with Crippen LogP contribution >= 0.6 is 34.3 Å². The molecule has 0 aliphatic heterocycles. The Morgan fingerprint density at radius 2 is 2.09 bits per heavy atom. The van der Waals surface area contributed by atoms with Crippen LogP contribution in [0.5, 0.6) is 0 Å². The highest BCUT2D eigenvalue weighted by molar-refractivity contribution is 7.16. The monoisotopic (exact) mass is 357 g/mol. The molecule has 0 aromatic carbocycles. The van der Waals surface area contributed by atoms with E-state index in [1.807, 2.05) is 32.3 Å². The number of amides is 2. The van der Waals surface area contributed by atoms with Gasteiger partial charge in [-0.25, -0.2) is 4.79 Å². The molecule has 7 heteroatoms. The zero-order valence-corrected chi connectivity index (χ0v) is 15.3. The molecule has 120 valence electrons. The van der Waals surface area contributed by atoms with Crippen molar-refractivity contribution in [2.24, 2.45) is 0 Å². The second kappa shape index (κ2) is 7.97. The van der Waals surface area contributed by atoms with Crippen molar-refractivity contribution in [3.63, 3.8) is 0 Å². The molecule has 0 radical (unpaired) electrons. The Bertz CT molecular complexity index is 598. The highest BCUT2D eigenvalue weighted by Gasteiger charge is 2.17. The summed E-state index contributed by atoms with van der Waals surface area (Å²) in [5.41, 5.74) is 0. The van der Waals surface area contributed by atoms with Crippen LogP contribution in [0.4, 0.5) is 4.79 Å². The Hall–Kier alpha value is -1.08. The van der Waals surface area contributed by atoms with Gasteiger partial charge in [0.25, 0.3) is 0 Å². The molecular weight excluding hydrogens is 338 g/mol. The van der Waals surface area contributed by atoms with Gasteiger partial charge in [-0.1, -0.05) is 17.7 Å². The number of nitrogens with zero attached hydrogens (tertiary/aromatic N) is 2. The Kier molecular flexibility index (Phi) is 6.26. The molecule has 1 atom stereocenters. The van der Waals surface area contributed by atoms with Crippen LogP contribution in [0.15, 0.2) is 29.6 Å². The van der Waals surface area contributed by atoms with E-state index in [-0.39, 0.29) is 12.1 Å². The average Bonchev–Trinajstić information content (AvgIpc) is 3.10. The van der Waals surface area contributed by atoms with Gasteiger partial charge >= 0.3 is 6.03 Å². The lowest BCUT2D eigenvalue weighted by molar-refractivity contribution is 0.201. The van der Waals surface area contributed by atoms with Crippen molar-refractivity contribution in [1.82, 2.24) is 15.1 Å². The number of thiophene rings is 2. The molecule has 0 aliphatic carbocycles. The first-order valence-corrected chi connectivity index (χ1v) is 8.98. The largest absolute Gasteiger partial charge is 0.336 e. The molecule has 0 aliphatic rings. The Morgan fingerprint density at radius 3 is 2.64 bits per heavy atom. The minimum absolute atomic E-state index is 0.0760. The number of hydrogen-bond donors (Lipinski definition) is 1. The third kappa shape index (κ3) is 4.71. The summed E-state index contributed by atoms with van der Waals surface area (Å²) < 4.78 is 0.745. The van der Waals surface area contributed by atoms with Crippen molar-refractivity contribution in [2.45, 2.75) is 12.6 Å². The molecule has 0 bridgehead atoms. The van der Waals surface area contributed by atoms with Gasteiger partial charge in [-0.3, -0.25) is 0 Å². The first kappa shape index (κ1) is 17.3. The fourth-order valence-electron chi connectivity index (χ4n) is 2.08. The lowest BCUT2D eigenvalue weighted by Crippen LogP contribution is -2.40. The summed E-state index contributed by atoms with van der Waals surface area (Å²) in [6, 6.07) is 8.04. The van der Waals surface area contributed by atoms with E-state index < -0.39 is 0 Å². The molecule has 0 saturated heterocycles. The zero-order chi connectivity index (χ0) is 16.1. The van der Waals surface area contributed by atoms with Crippen molar-refractivity contribution in [2.75, 3.05) is 27.7 Å². The predicted molar refractivity (Wildman–Crippen MR) is 94.9 cm³/mol. The quantitative estimate of drug-likeness (QED) is 0.850. The minimum atomic E-state index is -0.0760. The number of likely N-dealkylation sites (N-methyl/N-ethyl adjacent to an activating group) is 1. The lowest BCUT2D eigenvalue weighted by Gasteiger charge is -2.25. The first-order chi connectivity index (χ1) is 10.5. The molecule has 1 unspecified atom stereocenters. The molecule has 0 spiro atoms. The summed E-state index contributed by atoms with van der Waals surface area (Å²) in [6.45, 7) is 1.15. The van der Waals surface area contributed by atoms with E-state index in [0.717, 1.165) is 9.21 Å². The number of hydrogen-bond acceptors (Lipinski definition) is 4. The SMILES string of the molecule is CN(Cc1ccc(Cl)s1)C(=O)NCC(c1cccs1)N(C)C. The maximum absolute atomic E-state index is 12.2. The Morgan fingerprint density at radius 1 is 1.32 bits per heavy atom. The molecule has 2 aromatic rings. The average molecular weight is 358 g/mol. The van der Waals surface area contributed by atoms with E-state index in [4.69, 9.17) is 11.6 Å². The van der Waals surface area contributed by atoms with E-state index >= 15 is 0 Å². The highest BCUT2D eigenvalue weighted by atomic mass is 35.5. The molecule has 2 aromatic heterocycles. The molecule has 2 heterocycles. The fraction of sp³-hybridized carbons (Fsp3) is 0.400. The van der Waals surface area contributed by atoms with Gasteiger partial charge in [-0.2, -0.15) is 0 Å². The maximum Gasteiger partial charge on any atom is 0.317 e. The van der Waals surface area contributed by atoms with Gasteiger partial charge in [0.1, 0.15) is 0 Å². The van der Waals surface area contributed by atoms with Gasteiger partial charge in [0.2, 0.25) is 0 Å². The van der Waals surface area contributed by atoms with Crippen LogP contribution in [-0.2, 0) is 6.54 Å². The summed E-state index contributed by atoms with van der Waals surface area (Å²) in [6.07, 6.45) is 0.